The van der Waals surface area contributed by atoms with Crippen LogP contribution in [0.25, 0.3) is 0 Å². The molecule has 1 nitrogen and oxygen atoms in total. The summed E-state index contributed by atoms with van der Waals surface area (Å²) in [5.74, 6) is 1.14. The van der Waals surface area contributed by atoms with Crippen molar-refractivity contribution in [2.45, 2.75) is 58.0 Å². The van der Waals surface area contributed by atoms with Crippen LogP contribution in [0, 0.1) is 17.7 Å². The fourth-order valence-electron chi connectivity index (χ4n) is 3.29. The normalized spacial score (nSPS) is 27.6. The van der Waals surface area contributed by atoms with E-state index in [1.54, 1.807) is 12.1 Å². The molecule has 0 heterocycles. The van der Waals surface area contributed by atoms with E-state index in [2.05, 4.69) is 29.8 Å². The Kier molecular flexibility index (Phi) is 5.25. The molecule has 3 heteroatoms. The van der Waals surface area contributed by atoms with E-state index in [0.29, 0.717) is 23.8 Å². The summed E-state index contributed by atoms with van der Waals surface area (Å²) in [6.07, 6.45) is 5.24. The van der Waals surface area contributed by atoms with Crippen molar-refractivity contribution < 1.29 is 9.50 Å². The van der Waals surface area contributed by atoms with Gasteiger partial charge in [0.15, 0.2) is 0 Å². The zero-order chi connectivity index (χ0) is 14.8. The van der Waals surface area contributed by atoms with E-state index in [4.69, 9.17) is 0 Å². The summed E-state index contributed by atoms with van der Waals surface area (Å²) in [7, 11) is 0. The molecule has 2 unspecified atom stereocenters. The van der Waals surface area contributed by atoms with Crippen molar-refractivity contribution in [3.05, 3.63) is 34.1 Å². The van der Waals surface area contributed by atoms with Crippen molar-refractivity contribution in [2.24, 2.45) is 11.8 Å². The molecule has 2 rings (SSSR count). The third-order valence-corrected chi connectivity index (χ3v) is 5.16. The molecule has 0 radical (unpaired) electrons. The first-order chi connectivity index (χ1) is 9.39. The van der Waals surface area contributed by atoms with Crippen LogP contribution in [0.4, 0.5) is 4.39 Å². The van der Waals surface area contributed by atoms with Crippen LogP contribution in [0.15, 0.2) is 22.7 Å². The molecule has 0 saturated heterocycles. The summed E-state index contributed by atoms with van der Waals surface area (Å²) in [6, 6.07) is 4.96. The van der Waals surface area contributed by atoms with Gasteiger partial charge in [0.2, 0.25) is 0 Å². The summed E-state index contributed by atoms with van der Waals surface area (Å²) in [5, 5.41) is 10.8. The van der Waals surface area contributed by atoms with Crippen LogP contribution < -0.4 is 0 Å². The lowest BCUT2D eigenvalue weighted by Gasteiger charge is -2.27. The zero-order valence-electron chi connectivity index (χ0n) is 12.3. The highest BCUT2D eigenvalue weighted by Gasteiger charge is 2.32. The van der Waals surface area contributed by atoms with Crippen LogP contribution in [-0.4, -0.2) is 10.7 Å². The molecule has 20 heavy (non-hydrogen) atoms. The lowest BCUT2D eigenvalue weighted by atomic mass is 9.85. The highest BCUT2D eigenvalue weighted by molar-refractivity contribution is 9.10. The molecule has 0 aliphatic heterocycles. The summed E-state index contributed by atoms with van der Waals surface area (Å²) in [5.41, 5.74) is -0.129. The van der Waals surface area contributed by atoms with Crippen LogP contribution in [-0.2, 0) is 6.42 Å². The first-order valence-corrected chi connectivity index (χ1v) is 8.35. The molecule has 1 N–H and O–H groups in total. The third kappa shape index (κ3) is 4.05. The standard InChI is InChI=1S/C17H24BrFO/c1-12(2)13-4-3-8-17(20,9-7-13)11-14-10-15(18)5-6-16(14)19/h5-6,10,12-13,20H,3-4,7-9,11H2,1-2H3. The van der Waals surface area contributed by atoms with Crippen LogP contribution in [0.5, 0.6) is 0 Å². The summed E-state index contributed by atoms with van der Waals surface area (Å²) >= 11 is 3.37. The van der Waals surface area contributed by atoms with Crippen LogP contribution in [0.1, 0.15) is 51.5 Å². The van der Waals surface area contributed by atoms with Gasteiger partial charge in [0, 0.05) is 10.9 Å². The minimum Gasteiger partial charge on any atom is -0.390 e. The largest absolute Gasteiger partial charge is 0.390 e. The molecule has 1 saturated carbocycles. The van der Waals surface area contributed by atoms with Crippen LogP contribution in [0.3, 0.4) is 0 Å². The lowest BCUT2D eigenvalue weighted by Crippen LogP contribution is -2.31. The molecule has 1 aromatic rings. The van der Waals surface area contributed by atoms with E-state index in [1.807, 2.05) is 0 Å². The van der Waals surface area contributed by atoms with Gasteiger partial charge in [-0.1, -0.05) is 42.6 Å². The Balaban J connectivity index is 2.09. The van der Waals surface area contributed by atoms with Crippen LogP contribution >= 0.6 is 15.9 Å². The molecule has 112 valence electrons. The van der Waals surface area contributed by atoms with E-state index in [9.17, 15) is 9.50 Å². The number of hydrogen-bond acceptors (Lipinski definition) is 1. The Hall–Kier alpha value is -0.410. The van der Waals surface area contributed by atoms with E-state index in [-0.39, 0.29) is 5.82 Å². The smallest absolute Gasteiger partial charge is 0.126 e. The molecular weight excluding hydrogens is 319 g/mol. The first kappa shape index (κ1) is 16.0. The second kappa shape index (κ2) is 6.57. The van der Waals surface area contributed by atoms with Crippen molar-refractivity contribution in [1.29, 1.82) is 0 Å². The van der Waals surface area contributed by atoms with E-state index in [1.165, 1.54) is 12.5 Å². The Morgan fingerprint density at radius 1 is 1.35 bits per heavy atom. The molecule has 0 bridgehead atoms. The summed E-state index contributed by atoms with van der Waals surface area (Å²) < 4.78 is 14.7. The quantitative estimate of drug-likeness (QED) is 0.757. The maximum Gasteiger partial charge on any atom is 0.126 e. The molecule has 0 spiro atoms. The molecule has 1 aromatic carbocycles. The number of benzene rings is 1. The van der Waals surface area contributed by atoms with Gasteiger partial charge in [0.1, 0.15) is 5.82 Å². The highest BCUT2D eigenvalue weighted by Crippen LogP contribution is 2.36. The van der Waals surface area contributed by atoms with Crippen molar-refractivity contribution in [3.8, 4) is 0 Å². The zero-order valence-corrected chi connectivity index (χ0v) is 13.9. The van der Waals surface area contributed by atoms with Gasteiger partial charge in [-0.15, -0.1) is 0 Å². The summed E-state index contributed by atoms with van der Waals surface area (Å²) in [6.45, 7) is 4.51. The molecule has 1 aliphatic rings. The number of aliphatic hydroxyl groups is 1. The SMILES string of the molecule is CC(C)C1CCCC(O)(Cc2cc(Br)ccc2F)CC1. The molecule has 2 atom stereocenters. The van der Waals surface area contributed by atoms with Crippen molar-refractivity contribution in [3.63, 3.8) is 0 Å². The second-order valence-corrected chi connectivity index (χ2v) is 7.49. The maximum absolute atomic E-state index is 13.9. The van der Waals surface area contributed by atoms with Crippen molar-refractivity contribution in [1.82, 2.24) is 0 Å². The number of hydrogen-bond donors (Lipinski definition) is 1. The van der Waals surface area contributed by atoms with E-state index < -0.39 is 5.60 Å². The summed E-state index contributed by atoms with van der Waals surface area (Å²) in [4.78, 5) is 0. The minimum atomic E-state index is -0.745. The molecular formula is C17H24BrFO. The Morgan fingerprint density at radius 3 is 2.80 bits per heavy atom. The van der Waals surface area contributed by atoms with E-state index in [0.717, 1.165) is 30.2 Å². The predicted octanol–water partition coefficient (Wildman–Crippen LogP) is 5.10. The Labute approximate surface area is 129 Å². The highest BCUT2D eigenvalue weighted by atomic mass is 79.9. The van der Waals surface area contributed by atoms with Gasteiger partial charge in [0.25, 0.3) is 0 Å². The van der Waals surface area contributed by atoms with Crippen molar-refractivity contribution >= 4 is 15.9 Å². The maximum atomic E-state index is 13.9. The Morgan fingerprint density at radius 2 is 2.10 bits per heavy atom. The van der Waals surface area contributed by atoms with Gasteiger partial charge in [-0.25, -0.2) is 4.39 Å². The monoisotopic (exact) mass is 342 g/mol. The number of rotatable bonds is 3. The average molecular weight is 343 g/mol. The molecule has 1 fully saturated rings. The van der Waals surface area contributed by atoms with Crippen molar-refractivity contribution in [2.75, 3.05) is 0 Å². The fourth-order valence-corrected chi connectivity index (χ4v) is 3.70. The average Bonchev–Trinajstić information content (AvgIpc) is 2.56. The molecule has 0 amide bonds. The minimum absolute atomic E-state index is 0.216. The van der Waals surface area contributed by atoms with Gasteiger partial charge >= 0.3 is 0 Å². The van der Waals surface area contributed by atoms with E-state index >= 15 is 0 Å². The molecule has 1 aliphatic carbocycles. The van der Waals surface area contributed by atoms with Gasteiger partial charge in [-0.05, 0) is 54.9 Å². The first-order valence-electron chi connectivity index (χ1n) is 7.56. The van der Waals surface area contributed by atoms with Gasteiger partial charge in [-0.2, -0.15) is 0 Å². The Bertz CT molecular complexity index is 460. The second-order valence-electron chi connectivity index (χ2n) is 6.57. The van der Waals surface area contributed by atoms with Gasteiger partial charge < -0.3 is 5.11 Å². The third-order valence-electron chi connectivity index (χ3n) is 4.67. The number of halogens is 2. The molecule has 0 aromatic heterocycles. The lowest BCUT2D eigenvalue weighted by molar-refractivity contribution is 0.0229. The fraction of sp³-hybridized carbons (Fsp3) is 0.647. The van der Waals surface area contributed by atoms with Gasteiger partial charge in [-0.3, -0.25) is 0 Å². The predicted molar refractivity (Wildman–Crippen MR) is 84.2 cm³/mol. The van der Waals surface area contributed by atoms with Crippen LogP contribution in [0.2, 0.25) is 0 Å². The van der Waals surface area contributed by atoms with Gasteiger partial charge in [0.05, 0.1) is 5.60 Å². The topological polar surface area (TPSA) is 20.2 Å².